The van der Waals surface area contributed by atoms with E-state index in [1.807, 2.05) is 0 Å². The average Bonchev–Trinajstić information content (AvgIpc) is 2.31. The minimum Gasteiger partial charge on any atom is -0.393 e. The van der Waals surface area contributed by atoms with E-state index in [4.69, 9.17) is 0 Å². The van der Waals surface area contributed by atoms with Crippen LogP contribution in [0.25, 0.3) is 0 Å². The number of aliphatic hydroxyl groups excluding tert-OH is 1. The minimum atomic E-state index is -0.109. The van der Waals surface area contributed by atoms with Gasteiger partial charge in [-0.15, -0.1) is 0 Å². The second-order valence-electron chi connectivity index (χ2n) is 5.60. The summed E-state index contributed by atoms with van der Waals surface area (Å²) in [6.07, 6.45) is 2.97. The summed E-state index contributed by atoms with van der Waals surface area (Å²) in [6.45, 7) is 8.77. The van der Waals surface area contributed by atoms with Crippen LogP contribution in [0, 0.1) is 19.3 Å². The van der Waals surface area contributed by atoms with Crippen molar-refractivity contribution in [2.75, 3.05) is 0 Å². The van der Waals surface area contributed by atoms with Crippen molar-refractivity contribution in [2.24, 2.45) is 5.41 Å². The first-order valence-electron chi connectivity index (χ1n) is 6.80. The van der Waals surface area contributed by atoms with E-state index in [-0.39, 0.29) is 11.5 Å². The molecule has 1 N–H and O–H groups in total. The van der Waals surface area contributed by atoms with Crippen LogP contribution in [0.3, 0.4) is 0 Å². The highest BCUT2D eigenvalue weighted by molar-refractivity contribution is 5.37. The van der Waals surface area contributed by atoms with Crippen molar-refractivity contribution < 1.29 is 5.11 Å². The topological polar surface area (TPSA) is 20.2 Å². The van der Waals surface area contributed by atoms with Gasteiger partial charge in [-0.25, -0.2) is 0 Å². The summed E-state index contributed by atoms with van der Waals surface area (Å²) in [7, 11) is 0. The third-order valence-electron chi connectivity index (χ3n) is 4.94. The van der Waals surface area contributed by atoms with E-state index in [1.54, 1.807) is 0 Å². The van der Waals surface area contributed by atoms with Gasteiger partial charge >= 0.3 is 0 Å². The van der Waals surface area contributed by atoms with Gasteiger partial charge in [0, 0.05) is 5.41 Å². The molecule has 0 aliphatic heterocycles. The summed E-state index contributed by atoms with van der Waals surface area (Å²) in [5.41, 5.74) is 4.28. The van der Waals surface area contributed by atoms with Gasteiger partial charge in [0.25, 0.3) is 0 Å². The maximum atomic E-state index is 10.2. The lowest BCUT2D eigenvalue weighted by Crippen LogP contribution is -2.51. The predicted octanol–water partition coefficient (Wildman–Crippen LogP) is 3.96. The molecule has 0 saturated heterocycles. The Kier molecular flexibility index (Phi) is 3.31. The lowest BCUT2D eigenvalue weighted by Gasteiger charge is -2.54. The Labute approximate surface area is 105 Å². The van der Waals surface area contributed by atoms with Gasteiger partial charge in [0.2, 0.25) is 0 Å². The van der Waals surface area contributed by atoms with Crippen LogP contribution in [0.5, 0.6) is 0 Å². The largest absolute Gasteiger partial charge is 0.393 e. The number of hydrogen-bond donors (Lipinski definition) is 1. The van der Waals surface area contributed by atoms with E-state index in [2.05, 4.69) is 45.9 Å². The minimum absolute atomic E-state index is 0.109. The molecule has 1 heteroatoms. The van der Waals surface area contributed by atoms with Gasteiger partial charge in [0.1, 0.15) is 0 Å². The van der Waals surface area contributed by atoms with E-state index >= 15 is 0 Å². The fourth-order valence-corrected chi connectivity index (χ4v) is 3.55. The maximum absolute atomic E-state index is 10.2. The molecule has 1 aromatic rings. The second kappa shape index (κ2) is 4.45. The Hall–Kier alpha value is -0.820. The molecule has 2 atom stereocenters. The van der Waals surface area contributed by atoms with Crippen molar-refractivity contribution in [3.05, 3.63) is 34.9 Å². The Morgan fingerprint density at radius 1 is 1.24 bits per heavy atom. The first-order chi connectivity index (χ1) is 8.05. The summed E-state index contributed by atoms with van der Waals surface area (Å²) in [5.74, 6) is 0.549. The van der Waals surface area contributed by atoms with Crippen LogP contribution in [-0.2, 0) is 0 Å². The molecular weight excluding hydrogens is 208 g/mol. The van der Waals surface area contributed by atoms with E-state index in [0.717, 1.165) is 19.3 Å². The van der Waals surface area contributed by atoms with E-state index in [1.165, 1.54) is 16.7 Å². The number of hydrogen-bond acceptors (Lipinski definition) is 1. The monoisotopic (exact) mass is 232 g/mol. The average molecular weight is 232 g/mol. The van der Waals surface area contributed by atoms with Gasteiger partial charge in [-0.05, 0) is 50.2 Å². The van der Waals surface area contributed by atoms with Gasteiger partial charge in [0.05, 0.1) is 6.10 Å². The van der Waals surface area contributed by atoms with Crippen LogP contribution in [0.2, 0.25) is 0 Å². The molecule has 0 amide bonds. The number of benzene rings is 1. The Morgan fingerprint density at radius 2 is 1.88 bits per heavy atom. The van der Waals surface area contributed by atoms with Crippen molar-refractivity contribution >= 4 is 0 Å². The zero-order valence-corrected chi connectivity index (χ0v) is 11.5. The summed E-state index contributed by atoms with van der Waals surface area (Å²) in [5, 5.41) is 10.2. The van der Waals surface area contributed by atoms with Crippen LogP contribution in [0.1, 0.15) is 55.7 Å². The van der Waals surface area contributed by atoms with Crippen molar-refractivity contribution in [1.29, 1.82) is 0 Å². The van der Waals surface area contributed by atoms with Crippen molar-refractivity contribution in [1.82, 2.24) is 0 Å². The Morgan fingerprint density at radius 3 is 2.41 bits per heavy atom. The zero-order valence-electron chi connectivity index (χ0n) is 11.5. The van der Waals surface area contributed by atoms with E-state index in [9.17, 15) is 5.11 Å². The predicted molar refractivity (Wildman–Crippen MR) is 72.3 cm³/mol. The third-order valence-corrected chi connectivity index (χ3v) is 4.94. The molecule has 0 heterocycles. The van der Waals surface area contributed by atoms with Crippen LogP contribution >= 0.6 is 0 Å². The molecule has 1 fully saturated rings. The van der Waals surface area contributed by atoms with Crippen LogP contribution in [0.15, 0.2) is 18.2 Å². The molecule has 0 bridgehead atoms. The molecule has 1 aliphatic rings. The van der Waals surface area contributed by atoms with Crippen molar-refractivity contribution in [3.8, 4) is 0 Å². The molecular formula is C16H24O. The highest BCUT2D eigenvalue weighted by Gasteiger charge is 2.52. The standard InChI is InChI=1S/C16H24O/c1-5-16(6-2)14(10-15(16)17)13-9-11(3)7-8-12(13)4/h7-9,14-15,17H,5-6,10H2,1-4H3. The zero-order chi connectivity index (χ0) is 12.6. The van der Waals surface area contributed by atoms with Crippen molar-refractivity contribution in [3.63, 3.8) is 0 Å². The van der Waals surface area contributed by atoms with Gasteiger partial charge in [0.15, 0.2) is 0 Å². The summed E-state index contributed by atoms with van der Waals surface area (Å²) in [6, 6.07) is 6.70. The first-order valence-corrected chi connectivity index (χ1v) is 6.80. The van der Waals surface area contributed by atoms with Gasteiger partial charge < -0.3 is 5.11 Å². The molecule has 1 saturated carbocycles. The molecule has 17 heavy (non-hydrogen) atoms. The lowest BCUT2D eigenvalue weighted by atomic mass is 9.52. The lowest BCUT2D eigenvalue weighted by molar-refractivity contribution is -0.0933. The van der Waals surface area contributed by atoms with Gasteiger partial charge in [-0.1, -0.05) is 37.6 Å². The second-order valence-corrected chi connectivity index (χ2v) is 5.60. The normalized spacial score (nSPS) is 26.6. The number of aliphatic hydroxyl groups is 1. The number of rotatable bonds is 3. The molecule has 94 valence electrons. The van der Waals surface area contributed by atoms with Crippen LogP contribution in [-0.4, -0.2) is 11.2 Å². The van der Waals surface area contributed by atoms with Crippen LogP contribution in [0.4, 0.5) is 0 Å². The molecule has 2 unspecified atom stereocenters. The summed E-state index contributed by atoms with van der Waals surface area (Å²) >= 11 is 0. The third kappa shape index (κ3) is 1.81. The highest BCUT2D eigenvalue weighted by atomic mass is 16.3. The summed E-state index contributed by atoms with van der Waals surface area (Å²) in [4.78, 5) is 0. The fourth-order valence-electron chi connectivity index (χ4n) is 3.55. The maximum Gasteiger partial charge on any atom is 0.0608 e. The van der Waals surface area contributed by atoms with Gasteiger partial charge in [-0.3, -0.25) is 0 Å². The molecule has 0 aromatic heterocycles. The smallest absolute Gasteiger partial charge is 0.0608 e. The SMILES string of the molecule is CCC1(CC)C(O)CC1c1cc(C)ccc1C. The molecule has 1 aliphatic carbocycles. The van der Waals surface area contributed by atoms with Crippen molar-refractivity contribution in [2.45, 2.75) is 59.0 Å². The number of aryl methyl sites for hydroxylation is 2. The Balaban J connectivity index is 2.38. The molecule has 0 radical (unpaired) electrons. The van der Waals surface area contributed by atoms with E-state index < -0.39 is 0 Å². The molecule has 2 rings (SSSR count). The van der Waals surface area contributed by atoms with Gasteiger partial charge in [-0.2, -0.15) is 0 Å². The molecule has 0 spiro atoms. The first kappa shape index (κ1) is 12.6. The van der Waals surface area contributed by atoms with E-state index in [0.29, 0.717) is 5.92 Å². The molecule has 1 aromatic carbocycles. The Bertz CT molecular complexity index is 404. The summed E-state index contributed by atoms with van der Waals surface area (Å²) < 4.78 is 0. The quantitative estimate of drug-likeness (QED) is 0.836. The highest BCUT2D eigenvalue weighted by Crippen LogP contribution is 2.57. The fraction of sp³-hybridized carbons (Fsp3) is 0.625. The molecule has 1 nitrogen and oxygen atoms in total. The van der Waals surface area contributed by atoms with Crippen LogP contribution < -0.4 is 0 Å².